The third-order valence-electron chi connectivity index (χ3n) is 4.59. The van der Waals surface area contributed by atoms with Crippen molar-refractivity contribution in [3.63, 3.8) is 0 Å². The smallest absolute Gasteiger partial charge is 0.309 e. The topological polar surface area (TPSA) is 94.2 Å². The van der Waals surface area contributed by atoms with Gasteiger partial charge < -0.3 is 9.88 Å². The number of imidazole rings is 1. The van der Waals surface area contributed by atoms with E-state index < -0.39 is 23.1 Å². The highest BCUT2D eigenvalue weighted by atomic mass is 19.4. The van der Waals surface area contributed by atoms with Gasteiger partial charge in [-0.3, -0.25) is 19.3 Å². The van der Waals surface area contributed by atoms with Crippen LogP contribution in [0.5, 0.6) is 0 Å². The van der Waals surface area contributed by atoms with Crippen LogP contribution in [0.25, 0.3) is 17.1 Å². The van der Waals surface area contributed by atoms with Crippen molar-refractivity contribution < 1.29 is 18.0 Å². The van der Waals surface area contributed by atoms with E-state index in [1.165, 1.54) is 23.3 Å². The molecule has 3 aromatic rings. The molecule has 0 spiro atoms. The van der Waals surface area contributed by atoms with Gasteiger partial charge in [-0.05, 0) is 32.0 Å². The van der Waals surface area contributed by atoms with Gasteiger partial charge in [0.25, 0.3) is 0 Å². The summed E-state index contributed by atoms with van der Waals surface area (Å²) in [5, 5.41) is 6.82. The standard InChI is InChI=1S/C21H21F3N6O2/c1-5-29-11-17(26-18(29)10-25-4)27-19(31)9-15-20(32)14-7-6-13(21(22,23)24)8-16(14)30(28-15)12(2)3/h5-8,10-12H,1,9H2,2-4H3,(H,27,31). The average molecular weight is 446 g/mol. The lowest BCUT2D eigenvalue weighted by atomic mass is 10.1. The quantitative estimate of drug-likeness (QED) is 0.586. The number of fused-ring (bicyclic) bond motifs is 1. The van der Waals surface area contributed by atoms with Crippen molar-refractivity contribution in [2.45, 2.75) is 32.5 Å². The zero-order valence-corrected chi connectivity index (χ0v) is 17.6. The fourth-order valence-electron chi connectivity index (χ4n) is 3.15. The zero-order chi connectivity index (χ0) is 23.6. The van der Waals surface area contributed by atoms with Crippen LogP contribution >= 0.6 is 0 Å². The Morgan fingerprint density at radius 2 is 2.06 bits per heavy atom. The molecular formula is C21H21F3N6O2. The number of amides is 1. The van der Waals surface area contributed by atoms with Gasteiger partial charge in [0.05, 0.1) is 29.9 Å². The molecule has 1 N–H and O–H groups in total. The number of aromatic nitrogens is 4. The van der Waals surface area contributed by atoms with Gasteiger partial charge >= 0.3 is 6.18 Å². The molecule has 0 bridgehead atoms. The molecule has 1 amide bonds. The molecule has 32 heavy (non-hydrogen) atoms. The number of carbonyl (C=O) groups excluding carboxylic acids is 1. The van der Waals surface area contributed by atoms with Crippen molar-refractivity contribution >= 4 is 35.0 Å². The summed E-state index contributed by atoms with van der Waals surface area (Å²) in [6, 6.07) is 2.51. The van der Waals surface area contributed by atoms with Crippen LogP contribution in [0.2, 0.25) is 0 Å². The number of hydrogen-bond donors (Lipinski definition) is 1. The molecule has 0 aliphatic rings. The predicted molar refractivity (Wildman–Crippen MR) is 116 cm³/mol. The first kappa shape index (κ1) is 22.9. The molecule has 8 nitrogen and oxygen atoms in total. The van der Waals surface area contributed by atoms with Crippen LogP contribution in [0.15, 0.2) is 40.8 Å². The van der Waals surface area contributed by atoms with Crippen molar-refractivity contribution in [1.29, 1.82) is 0 Å². The summed E-state index contributed by atoms with van der Waals surface area (Å²) in [6.45, 7) is 7.09. The van der Waals surface area contributed by atoms with Gasteiger partial charge in [-0.1, -0.05) is 6.58 Å². The molecule has 11 heteroatoms. The largest absolute Gasteiger partial charge is 0.416 e. The van der Waals surface area contributed by atoms with Gasteiger partial charge in [-0.25, -0.2) is 4.98 Å². The van der Waals surface area contributed by atoms with Crippen LogP contribution in [-0.2, 0) is 17.4 Å². The number of benzene rings is 1. The molecule has 0 fully saturated rings. The lowest BCUT2D eigenvalue weighted by molar-refractivity contribution is -0.137. The Labute approximate surface area is 181 Å². The zero-order valence-electron chi connectivity index (χ0n) is 17.6. The normalized spacial score (nSPS) is 12.1. The SMILES string of the molecule is C=Cn1cc(NC(=O)Cc2nn(C(C)C)c3cc(C(F)(F)F)ccc3c2=O)nc1C=NC. The van der Waals surface area contributed by atoms with Gasteiger partial charge in [-0.2, -0.15) is 18.3 Å². The number of aliphatic imine (C=N–C) groups is 1. The molecular weight excluding hydrogens is 425 g/mol. The molecule has 0 unspecified atom stereocenters. The number of hydrogen-bond acceptors (Lipinski definition) is 5. The second kappa shape index (κ2) is 8.77. The van der Waals surface area contributed by atoms with Crippen molar-refractivity contribution in [3.05, 3.63) is 58.3 Å². The van der Waals surface area contributed by atoms with E-state index in [0.717, 1.165) is 18.2 Å². The number of nitrogens with zero attached hydrogens (tertiary/aromatic N) is 5. The summed E-state index contributed by atoms with van der Waals surface area (Å²) in [6.07, 6.45) is -0.429. The monoisotopic (exact) mass is 446 g/mol. The third kappa shape index (κ3) is 4.61. The number of carbonyl (C=O) groups is 1. The van der Waals surface area contributed by atoms with E-state index in [9.17, 15) is 22.8 Å². The molecule has 0 radical (unpaired) electrons. The number of alkyl halides is 3. The summed E-state index contributed by atoms with van der Waals surface area (Å²) in [7, 11) is 1.57. The molecule has 3 rings (SSSR count). The molecule has 0 atom stereocenters. The molecule has 2 heterocycles. The fourth-order valence-corrected chi connectivity index (χ4v) is 3.15. The minimum atomic E-state index is -4.55. The van der Waals surface area contributed by atoms with E-state index >= 15 is 0 Å². The summed E-state index contributed by atoms with van der Waals surface area (Å²) in [4.78, 5) is 33.5. The van der Waals surface area contributed by atoms with E-state index in [1.54, 1.807) is 25.5 Å². The lowest BCUT2D eigenvalue weighted by Gasteiger charge is -2.16. The number of halogens is 3. The molecule has 0 aliphatic heterocycles. The highest BCUT2D eigenvalue weighted by Crippen LogP contribution is 2.31. The third-order valence-corrected chi connectivity index (χ3v) is 4.59. The molecule has 0 saturated heterocycles. The van der Waals surface area contributed by atoms with Crippen LogP contribution in [0.1, 0.15) is 37.0 Å². The Hall–Kier alpha value is -3.76. The molecule has 0 saturated carbocycles. The Balaban J connectivity index is 1.97. The van der Waals surface area contributed by atoms with Crippen molar-refractivity contribution in [1.82, 2.24) is 19.3 Å². The summed E-state index contributed by atoms with van der Waals surface area (Å²) < 4.78 is 42.3. The van der Waals surface area contributed by atoms with E-state index in [2.05, 4.69) is 27.0 Å². The molecule has 168 valence electrons. The minimum Gasteiger partial charge on any atom is -0.309 e. The average Bonchev–Trinajstić information content (AvgIpc) is 3.10. The van der Waals surface area contributed by atoms with Gasteiger partial charge in [-0.15, -0.1) is 0 Å². The highest BCUT2D eigenvalue weighted by Gasteiger charge is 2.31. The van der Waals surface area contributed by atoms with Crippen LogP contribution in [-0.4, -0.2) is 38.5 Å². The maximum absolute atomic E-state index is 13.1. The summed E-state index contributed by atoms with van der Waals surface area (Å²) in [5.74, 6) is 0.124. The van der Waals surface area contributed by atoms with Gasteiger partial charge in [0.2, 0.25) is 11.3 Å². The number of anilines is 1. The molecule has 2 aromatic heterocycles. The van der Waals surface area contributed by atoms with Crippen LogP contribution < -0.4 is 10.7 Å². The first-order valence-electron chi connectivity index (χ1n) is 9.61. The van der Waals surface area contributed by atoms with Gasteiger partial charge in [0, 0.05) is 24.7 Å². The first-order chi connectivity index (χ1) is 15.0. The molecule has 0 aliphatic carbocycles. The van der Waals surface area contributed by atoms with E-state index in [-0.39, 0.29) is 34.9 Å². The first-order valence-corrected chi connectivity index (χ1v) is 9.61. The maximum Gasteiger partial charge on any atom is 0.416 e. The second-order valence-electron chi connectivity index (χ2n) is 7.23. The van der Waals surface area contributed by atoms with Crippen LogP contribution in [0.4, 0.5) is 19.0 Å². The Kier molecular flexibility index (Phi) is 6.28. The Morgan fingerprint density at radius 3 is 2.66 bits per heavy atom. The minimum absolute atomic E-state index is 0.0530. The van der Waals surface area contributed by atoms with Crippen LogP contribution in [0.3, 0.4) is 0 Å². The molecule has 1 aromatic carbocycles. The van der Waals surface area contributed by atoms with Gasteiger partial charge in [0.15, 0.2) is 11.6 Å². The van der Waals surface area contributed by atoms with Gasteiger partial charge in [0.1, 0.15) is 5.69 Å². The Bertz CT molecular complexity index is 1270. The highest BCUT2D eigenvalue weighted by molar-refractivity contribution is 5.92. The number of nitrogens with one attached hydrogen (secondary N) is 1. The fraction of sp³-hybridized carbons (Fsp3) is 0.286. The van der Waals surface area contributed by atoms with Crippen molar-refractivity contribution in [2.75, 3.05) is 12.4 Å². The van der Waals surface area contributed by atoms with Crippen molar-refractivity contribution in [2.24, 2.45) is 4.99 Å². The summed E-state index contributed by atoms with van der Waals surface area (Å²) in [5.41, 5.74) is -1.51. The summed E-state index contributed by atoms with van der Waals surface area (Å²) >= 11 is 0. The van der Waals surface area contributed by atoms with Crippen molar-refractivity contribution in [3.8, 4) is 0 Å². The lowest BCUT2D eigenvalue weighted by Crippen LogP contribution is -2.25. The maximum atomic E-state index is 13.1. The predicted octanol–water partition coefficient (Wildman–Crippen LogP) is 3.52. The van der Waals surface area contributed by atoms with E-state index in [1.807, 2.05) is 0 Å². The van der Waals surface area contributed by atoms with E-state index in [4.69, 9.17) is 0 Å². The van der Waals surface area contributed by atoms with E-state index in [0.29, 0.717) is 5.82 Å². The second-order valence-corrected chi connectivity index (χ2v) is 7.23. The van der Waals surface area contributed by atoms with Crippen LogP contribution in [0, 0.1) is 0 Å². The number of rotatable bonds is 6. The Morgan fingerprint density at radius 1 is 1.34 bits per heavy atom.